The molecule has 2 rings (SSSR count). The lowest BCUT2D eigenvalue weighted by Crippen LogP contribution is -2.31. The Morgan fingerprint density at radius 1 is 1.62 bits per heavy atom. The number of rotatable bonds is 3. The number of pyridine rings is 1. The molecule has 3 nitrogen and oxygen atoms in total. The quantitative estimate of drug-likeness (QED) is 0.803. The molecule has 16 heavy (non-hydrogen) atoms. The molecule has 1 atom stereocenters. The van der Waals surface area contributed by atoms with E-state index in [0.29, 0.717) is 11.6 Å². The Hall–Kier alpha value is -1.21. The molecule has 0 spiro atoms. The highest BCUT2D eigenvalue weighted by Gasteiger charge is 2.24. The molecule has 0 amide bonds. The van der Waals surface area contributed by atoms with Gasteiger partial charge in [-0.1, -0.05) is 0 Å². The van der Waals surface area contributed by atoms with Gasteiger partial charge < -0.3 is 4.90 Å². The minimum Gasteiger partial charge on any atom is -0.353 e. The van der Waals surface area contributed by atoms with Crippen molar-refractivity contribution >= 4 is 17.6 Å². The fourth-order valence-corrected chi connectivity index (χ4v) is 2.86. The molecule has 1 unspecified atom stereocenters. The monoisotopic (exact) mass is 233 g/mol. The third-order valence-electron chi connectivity index (χ3n) is 2.91. The van der Waals surface area contributed by atoms with Crippen LogP contribution in [-0.2, 0) is 0 Å². The van der Waals surface area contributed by atoms with Gasteiger partial charge in [-0.3, -0.25) is 0 Å². The summed E-state index contributed by atoms with van der Waals surface area (Å²) in [6.07, 6.45) is 6.29. The Morgan fingerprint density at radius 2 is 2.50 bits per heavy atom. The fourth-order valence-electron chi connectivity index (χ4n) is 2.13. The molecule has 1 aliphatic heterocycles. The van der Waals surface area contributed by atoms with Crippen LogP contribution in [0, 0.1) is 11.3 Å². The van der Waals surface area contributed by atoms with Crippen LogP contribution < -0.4 is 4.90 Å². The second-order valence-corrected chi connectivity index (χ2v) is 4.87. The van der Waals surface area contributed by atoms with Crippen LogP contribution in [0.1, 0.15) is 18.4 Å². The standard InChI is InChI=1S/C12H15N3S/c1-16-9-11-3-2-6-15(11)12-5-4-10(7-13)8-14-12/h4-5,8,11H,2-3,6,9H2,1H3. The molecule has 0 bridgehead atoms. The van der Waals surface area contributed by atoms with Crippen LogP contribution in [0.5, 0.6) is 0 Å². The number of thioether (sulfide) groups is 1. The van der Waals surface area contributed by atoms with E-state index in [1.807, 2.05) is 23.9 Å². The largest absolute Gasteiger partial charge is 0.353 e. The summed E-state index contributed by atoms with van der Waals surface area (Å²) in [5, 5.41) is 8.72. The first-order chi connectivity index (χ1) is 7.85. The first-order valence-electron chi connectivity index (χ1n) is 5.47. The first-order valence-corrected chi connectivity index (χ1v) is 6.86. The van der Waals surface area contributed by atoms with Gasteiger partial charge in [0.25, 0.3) is 0 Å². The topological polar surface area (TPSA) is 39.9 Å². The highest BCUT2D eigenvalue weighted by Crippen LogP contribution is 2.25. The van der Waals surface area contributed by atoms with E-state index in [0.717, 1.165) is 18.1 Å². The van der Waals surface area contributed by atoms with E-state index in [9.17, 15) is 0 Å². The van der Waals surface area contributed by atoms with Crippen molar-refractivity contribution in [2.75, 3.05) is 23.5 Å². The zero-order chi connectivity index (χ0) is 11.4. The summed E-state index contributed by atoms with van der Waals surface area (Å²) in [4.78, 5) is 6.72. The van der Waals surface area contributed by atoms with Crippen molar-refractivity contribution in [1.29, 1.82) is 5.26 Å². The number of hydrogen-bond acceptors (Lipinski definition) is 4. The molecule has 2 heterocycles. The van der Waals surface area contributed by atoms with Gasteiger partial charge in [-0.05, 0) is 31.2 Å². The van der Waals surface area contributed by atoms with E-state index in [2.05, 4.69) is 22.2 Å². The molecule has 1 fully saturated rings. The average Bonchev–Trinajstić information content (AvgIpc) is 2.78. The molecule has 4 heteroatoms. The van der Waals surface area contributed by atoms with Gasteiger partial charge >= 0.3 is 0 Å². The van der Waals surface area contributed by atoms with Gasteiger partial charge in [-0.15, -0.1) is 0 Å². The minimum atomic E-state index is 0.607. The Morgan fingerprint density at radius 3 is 3.12 bits per heavy atom. The zero-order valence-corrected chi connectivity index (χ0v) is 10.2. The van der Waals surface area contributed by atoms with E-state index >= 15 is 0 Å². The molecule has 84 valence electrons. The SMILES string of the molecule is CSCC1CCCN1c1ccc(C#N)cn1. The van der Waals surface area contributed by atoms with Gasteiger partial charge in [0.1, 0.15) is 11.9 Å². The maximum atomic E-state index is 8.72. The Kier molecular flexibility index (Phi) is 3.68. The summed E-state index contributed by atoms with van der Waals surface area (Å²) < 4.78 is 0. The van der Waals surface area contributed by atoms with Crippen molar-refractivity contribution in [1.82, 2.24) is 4.98 Å². The summed E-state index contributed by atoms with van der Waals surface area (Å²) in [6, 6.07) is 6.50. The van der Waals surface area contributed by atoms with Crippen LogP contribution in [0.3, 0.4) is 0 Å². The van der Waals surface area contributed by atoms with Gasteiger partial charge in [0.15, 0.2) is 0 Å². The van der Waals surface area contributed by atoms with Crippen molar-refractivity contribution in [2.45, 2.75) is 18.9 Å². The maximum Gasteiger partial charge on any atom is 0.128 e. The van der Waals surface area contributed by atoms with Gasteiger partial charge in [0, 0.05) is 24.5 Å². The Balaban J connectivity index is 2.13. The van der Waals surface area contributed by atoms with Gasteiger partial charge in [0.2, 0.25) is 0 Å². The number of nitrogens with zero attached hydrogens (tertiary/aromatic N) is 3. The van der Waals surface area contributed by atoms with E-state index < -0.39 is 0 Å². The molecule has 0 aromatic carbocycles. The summed E-state index contributed by atoms with van der Waals surface area (Å²) in [6.45, 7) is 1.09. The molecule has 0 radical (unpaired) electrons. The Labute approximate surface area is 100 Å². The first kappa shape index (κ1) is 11.3. The van der Waals surface area contributed by atoms with Gasteiger partial charge in [-0.2, -0.15) is 17.0 Å². The van der Waals surface area contributed by atoms with Crippen molar-refractivity contribution < 1.29 is 0 Å². The molecule has 1 aliphatic rings. The van der Waals surface area contributed by atoms with Gasteiger partial charge in [0.05, 0.1) is 5.56 Å². The van der Waals surface area contributed by atoms with E-state index in [1.165, 1.54) is 12.8 Å². The van der Waals surface area contributed by atoms with Crippen molar-refractivity contribution in [3.05, 3.63) is 23.9 Å². The average molecular weight is 233 g/mol. The van der Waals surface area contributed by atoms with E-state index in [1.54, 1.807) is 6.20 Å². The summed E-state index contributed by atoms with van der Waals surface area (Å²) >= 11 is 1.88. The highest BCUT2D eigenvalue weighted by atomic mass is 32.2. The predicted molar refractivity (Wildman–Crippen MR) is 67.7 cm³/mol. The highest BCUT2D eigenvalue weighted by molar-refractivity contribution is 7.98. The lowest BCUT2D eigenvalue weighted by molar-refractivity contribution is 0.738. The Bertz CT molecular complexity index is 382. The summed E-state index contributed by atoms with van der Waals surface area (Å²) in [5.74, 6) is 2.16. The molecular weight excluding hydrogens is 218 g/mol. The molecule has 0 N–H and O–H groups in total. The van der Waals surface area contributed by atoms with E-state index in [4.69, 9.17) is 5.26 Å². The molecule has 1 aromatic heterocycles. The third kappa shape index (κ3) is 2.30. The van der Waals surface area contributed by atoms with Crippen molar-refractivity contribution in [3.63, 3.8) is 0 Å². The fraction of sp³-hybridized carbons (Fsp3) is 0.500. The second kappa shape index (κ2) is 5.22. The molecule has 0 aliphatic carbocycles. The number of nitriles is 1. The molecular formula is C12H15N3S. The maximum absolute atomic E-state index is 8.72. The molecule has 1 saturated heterocycles. The zero-order valence-electron chi connectivity index (χ0n) is 9.39. The van der Waals surface area contributed by atoms with Crippen molar-refractivity contribution in [3.8, 4) is 6.07 Å². The normalized spacial score (nSPS) is 19.8. The molecule has 0 saturated carbocycles. The smallest absolute Gasteiger partial charge is 0.128 e. The van der Waals surface area contributed by atoms with Crippen LogP contribution in [0.15, 0.2) is 18.3 Å². The van der Waals surface area contributed by atoms with Gasteiger partial charge in [-0.25, -0.2) is 4.98 Å². The number of hydrogen-bond donors (Lipinski definition) is 0. The molecule has 1 aromatic rings. The predicted octanol–water partition coefficient (Wildman–Crippen LogP) is 2.29. The summed E-state index contributed by atoms with van der Waals surface area (Å²) in [7, 11) is 0. The minimum absolute atomic E-state index is 0.607. The number of anilines is 1. The van der Waals surface area contributed by atoms with E-state index in [-0.39, 0.29) is 0 Å². The van der Waals surface area contributed by atoms with Crippen LogP contribution in [0.25, 0.3) is 0 Å². The lowest BCUT2D eigenvalue weighted by atomic mass is 10.2. The van der Waals surface area contributed by atoms with Crippen molar-refractivity contribution in [2.24, 2.45) is 0 Å². The van der Waals surface area contributed by atoms with Crippen LogP contribution in [0.2, 0.25) is 0 Å². The summed E-state index contributed by atoms with van der Waals surface area (Å²) in [5.41, 5.74) is 0.629. The number of aromatic nitrogens is 1. The van der Waals surface area contributed by atoms with Crippen LogP contribution in [-0.4, -0.2) is 29.6 Å². The van der Waals surface area contributed by atoms with Crippen LogP contribution in [0.4, 0.5) is 5.82 Å². The third-order valence-corrected chi connectivity index (χ3v) is 3.63. The second-order valence-electron chi connectivity index (χ2n) is 3.96. The van der Waals surface area contributed by atoms with Crippen LogP contribution >= 0.6 is 11.8 Å². The lowest BCUT2D eigenvalue weighted by Gasteiger charge is -2.25.